The van der Waals surface area contributed by atoms with Crippen molar-refractivity contribution in [3.05, 3.63) is 23.8 Å². The minimum Gasteiger partial charge on any atom is -0.427 e. The van der Waals surface area contributed by atoms with E-state index in [0.29, 0.717) is 0 Å². The van der Waals surface area contributed by atoms with E-state index < -0.39 is 25.1 Å². The summed E-state index contributed by atoms with van der Waals surface area (Å²) in [5, 5.41) is 20.5. The Labute approximate surface area is 94.6 Å². The summed E-state index contributed by atoms with van der Waals surface area (Å²) in [4.78, 5) is 0. The Morgan fingerprint density at radius 3 is 2.82 bits per heavy atom. The maximum Gasteiger partial charge on any atom is 0.444 e. The molecule has 0 aromatic heterocycles. The van der Waals surface area contributed by atoms with Crippen molar-refractivity contribution in [1.29, 1.82) is 0 Å². The first-order chi connectivity index (χ1) is 7.95. The number of aliphatic hydroxyl groups excluding tert-OH is 2. The van der Waals surface area contributed by atoms with E-state index in [0.717, 1.165) is 0 Å². The van der Waals surface area contributed by atoms with Gasteiger partial charge in [0.15, 0.2) is 5.75 Å². The zero-order valence-electron chi connectivity index (χ0n) is 8.53. The minimum absolute atomic E-state index is 0.0772. The highest BCUT2D eigenvalue weighted by molar-refractivity contribution is 5.62. The van der Waals surface area contributed by atoms with E-state index in [1.165, 1.54) is 18.2 Å². The number of anilines is 1. The number of aliphatic hydroxyl groups is 2. The van der Waals surface area contributed by atoms with Crippen LogP contribution in [0.5, 0.6) is 5.75 Å². The Kier molecular flexibility index (Phi) is 2.88. The van der Waals surface area contributed by atoms with Crippen LogP contribution in [0.3, 0.4) is 0 Å². The van der Waals surface area contributed by atoms with Crippen molar-refractivity contribution in [2.75, 3.05) is 12.0 Å². The molecule has 0 aliphatic carbocycles. The first-order valence-corrected chi connectivity index (χ1v) is 4.84. The molecule has 4 nitrogen and oxygen atoms in total. The van der Waals surface area contributed by atoms with Crippen LogP contribution >= 0.6 is 0 Å². The van der Waals surface area contributed by atoms with Crippen molar-refractivity contribution < 1.29 is 28.1 Å². The Morgan fingerprint density at radius 1 is 1.47 bits per heavy atom. The monoisotopic (exact) mass is 249 g/mol. The van der Waals surface area contributed by atoms with Crippen molar-refractivity contribution in [2.45, 2.75) is 18.4 Å². The lowest BCUT2D eigenvalue weighted by molar-refractivity contribution is -0.236. The van der Waals surface area contributed by atoms with E-state index in [1.807, 2.05) is 0 Å². The summed E-state index contributed by atoms with van der Waals surface area (Å²) in [5.41, 5.74) is -0.0162. The molecule has 0 saturated heterocycles. The molecule has 1 aliphatic rings. The number of para-hydroxylation sites is 1. The summed E-state index contributed by atoms with van der Waals surface area (Å²) in [6, 6.07) is 4.08. The fourth-order valence-corrected chi connectivity index (χ4v) is 1.55. The summed E-state index contributed by atoms with van der Waals surface area (Å²) in [5.74, 6) is -0.354. The van der Waals surface area contributed by atoms with Gasteiger partial charge in [0.1, 0.15) is 12.8 Å². The average molecular weight is 249 g/mol. The van der Waals surface area contributed by atoms with Gasteiger partial charge >= 0.3 is 6.11 Å². The Bertz CT molecular complexity index is 427. The fraction of sp³-hybridized carbons (Fsp3) is 0.400. The standard InChI is InChI=1S/C10H10F3NO3/c11-4-7(15)5-2-1-3-6-8(5)17-10(12,13)9(16)14-6/h1-3,7,9,14-16H,4H2/t7-,9?/m0/s1. The molecule has 0 radical (unpaired) electrons. The van der Waals surface area contributed by atoms with Crippen LogP contribution in [0.2, 0.25) is 0 Å². The molecule has 1 heterocycles. The summed E-state index contributed by atoms with van der Waals surface area (Å²) in [6.45, 7) is -1.12. The lowest BCUT2D eigenvalue weighted by Crippen LogP contribution is -2.47. The third-order valence-electron chi connectivity index (χ3n) is 2.40. The number of nitrogens with one attached hydrogen (secondary N) is 1. The first-order valence-electron chi connectivity index (χ1n) is 4.84. The smallest absolute Gasteiger partial charge is 0.427 e. The molecule has 7 heteroatoms. The Morgan fingerprint density at radius 2 is 2.18 bits per heavy atom. The maximum absolute atomic E-state index is 13.1. The molecule has 2 rings (SSSR count). The molecular formula is C10H10F3NO3. The predicted octanol–water partition coefficient (Wildman–Crippen LogP) is 1.40. The van der Waals surface area contributed by atoms with Crippen LogP contribution in [0.25, 0.3) is 0 Å². The van der Waals surface area contributed by atoms with Crippen LogP contribution in [0.15, 0.2) is 18.2 Å². The molecule has 0 bridgehead atoms. The summed E-state index contributed by atoms with van der Waals surface area (Å²) in [7, 11) is 0. The molecule has 0 amide bonds. The average Bonchev–Trinajstić information content (AvgIpc) is 2.28. The van der Waals surface area contributed by atoms with Crippen molar-refractivity contribution in [1.82, 2.24) is 0 Å². The quantitative estimate of drug-likeness (QED) is 0.741. The highest BCUT2D eigenvalue weighted by atomic mass is 19.3. The summed E-state index contributed by atoms with van der Waals surface area (Å²) < 4.78 is 42.9. The van der Waals surface area contributed by atoms with Gasteiger partial charge in [-0.25, -0.2) is 4.39 Å². The SMILES string of the molecule is OC1Nc2cccc([C@@H](O)CF)c2OC1(F)F. The molecule has 1 aliphatic heterocycles. The van der Waals surface area contributed by atoms with Crippen molar-refractivity contribution >= 4 is 5.69 Å². The van der Waals surface area contributed by atoms with Gasteiger partial charge in [-0.15, -0.1) is 0 Å². The number of hydrogen-bond donors (Lipinski definition) is 3. The van der Waals surface area contributed by atoms with Crippen LogP contribution in [-0.2, 0) is 0 Å². The highest BCUT2D eigenvalue weighted by Gasteiger charge is 2.46. The van der Waals surface area contributed by atoms with E-state index in [2.05, 4.69) is 10.1 Å². The van der Waals surface area contributed by atoms with Crippen LogP contribution in [0.1, 0.15) is 11.7 Å². The van der Waals surface area contributed by atoms with Gasteiger partial charge in [0.25, 0.3) is 0 Å². The molecule has 2 atom stereocenters. The summed E-state index contributed by atoms with van der Waals surface area (Å²) in [6.07, 6.45) is -7.57. The van der Waals surface area contributed by atoms with Gasteiger partial charge in [0.2, 0.25) is 6.23 Å². The van der Waals surface area contributed by atoms with Crippen LogP contribution in [-0.4, -0.2) is 29.2 Å². The third kappa shape index (κ3) is 2.03. The maximum atomic E-state index is 13.1. The molecule has 0 fully saturated rings. The zero-order chi connectivity index (χ0) is 12.6. The number of halogens is 3. The predicted molar refractivity (Wildman–Crippen MR) is 52.6 cm³/mol. The van der Waals surface area contributed by atoms with Gasteiger partial charge in [-0.1, -0.05) is 12.1 Å². The first kappa shape index (κ1) is 12.0. The molecule has 1 unspecified atom stereocenters. The molecular weight excluding hydrogens is 239 g/mol. The van der Waals surface area contributed by atoms with Gasteiger partial charge in [-0.2, -0.15) is 8.78 Å². The lowest BCUT2D eigenvalue weighted by atomic mass is 10.1. The molecule has 1 aromatic rings. The van der Waals surface area contributed by atoms with Crippen LogP contribution in [0, 0.1) is 0 Å². The number of hydrogen-bond acceptors (Lipinski definition) is 4. The number of alkyl halides is 3. The van der Waals surface area contributed by atoms with E-state index >= 15 is 0 Å². The number of benzene rings is 1. The van der Waals surface area contributed by atoms with E-state index in [9.17, 15) is 18.3 Å². The van der Waals surface area contributed by atoms with E-state index in [-0.39, 0.29) is 17.0 Å². The van der Waals surface area contributed by atoms with Gasteiger partial charge in [-0.05, 0) is 6.07 Å². The molecule has 17 heavy (non-hydrogen) atoms. The van der Waals surface area contributed by atoms with Crippen molar-refractivity contribution in [3.63, 3.8) is 0 Å². The molecule has 3 N–H and O–H groups in total. The fourth-order valence-electron chi connectivity index (χ4n) is 1.55. The Hall–Kier alpha value is -1.47. The van der Waals surface area contributed by atoms with Gasteiger partial charge in [0.05, 0.1) is 5.69 Å². The van der Waals surface area contributed by atoms with Gasteiger partial charge in [0, 0.05) is 5.56 Å². The third-order valence-corrected chi connectivity index (χ3v) is 2.40. The number of ether oxygens (including phenoxy) is 1. The molecule has 0 saturated carbocycles. The largest absolute Gasteiger partial charge is 0.444 e. The second kappa shape index (κ2) is 4.08. The number of fused-ring (bicyclic) bond motifs is 1. The second-order valence-corrected chi connectivity index (χ2v) is 3.60. The minimum atomic E-state index is -3.83. The molecule has 1 aromatic carbocycles. The topological polar surface area (TPSA) is 61.7 Å². The van der Waals surface area contributed by atoms with Crippen molar-refractivity contribution in [3.8, 4) is 5.75 Å². The van der Waals surface area contributed by atoms with Crippen molar-refractivity contribution in [2.24, 2.45) is 0 Å². The zero-order valence-corrected chi connectivity index (χ0v) is 8.53. The highest BCUT2D eigenvalue weighted by Crippen LogP contribution is 2.41. The lowest BCUT2D eigenvalue weighted by Gasteiger charge is -2.32. The van der Waals surface area contributed by atoms with E-state index in [4.69, 9.17) is 5.11 Å². The second-order valence-electron chi connectivity index (χ2n) is 3.60. The number of rotatable bonds is 2. The molecule has 94 valence electrons. The molecule has 0 spiro atoms. The van der Waals surface area contributed by atoms with Gasteiger partial charge < -0.3 is 20.3 Å². The van der Waals surface area contributed by atoms with Crippen LogP contribution in [0.4, 0.5) is 18.9 Å². The van der Waals surface area contributed by atoms with Gasteiger partial charge in [-0.3, -0.25) is 0 Å². The normalized spacial score (nSPS) is 23.2. The Balaban J connectivity index is 2.45. The summed E-state index contributed by atoms with van der Waals surface area (Å²) >= 11 is 0. The van der Waals surface area contributed by atoms with Crippen LogP contribution < -0.4 is 10.1 Å². The van der Waals surface area contributed by atoms with E-state index in [1.54, 1.807) is 0 Å².